The molecule has 2 N–H and O–H groups in total. The quantitative estimate of drug-likeness (QED) is 0.793. The Labute approximate surface area is 117 Å². The number of benzene rings is 1. The molecule has 0 radical (unpaired) electrons. The van der Waals surface area contributed by atoms with Crippen LogP contribution in [0.4, 0.5) is 5.95 Å². The molecule has 1 unspecified atom stereocenters. The molecule has 0 saturated heterocycles. The van der Waals surface area contributed by atoms with E-state index in [2.05, 4.69) is 16.9 Å². The van der Waals surface area contributed by atoms with Crippen LogP contribution in [-0.4, -0.2) is 21.6 Å². The largest absolute Gasteiger partial charge is 0.497 e. The van der Waals surface area contributed by atoms with Gasteiger partial charge in [-0.1, -0.05) is 12.1 Å². The number of methoxy groups -OCH3 is 1. The number of aromatic nitrogens is 3. The molecule has 1 aromatic carbocycles. The zero-order valence-electron chi connectivity index (χ0n) is 11.4. The molecule has 2 aromatic heterocycles. The lowest BCUT2D eigenvalue weighted by atomic mass is 10.1. The van der Waals surface area contributed by atoms with Crippen molar-refractivity contribution < 1.29 is 4.74 Å². The average molecular weight is 268 g/mol. The minimum Gasteiger partial charge on any atom is -0.497 e. The topological polar surface area (TPSA) is 66.0 Å². The van der Waals surface area contributed by atoms with E-state index >= 15 is 0 Å². The second-order valence-corrected chi connectivity index (χ2v) is 4.65. The summed E-state index contributed by atoms with van der Waals surface area (Å²) >= 11 is 0. The maximum atomic E-state index is 6.05. The lowest BCUT2D eigenvalue weighted by molar-refractivity contribution is 0.414. The third kappa shape index (κ3) is 1.97. The molecule has 102 valence electrons. The van der Waals surface area contributed by atoms with E-state index in [0.717, 1.165) is 22.3 Å². The van der Waals surface area contributed by atoms with Gasteiger partial charge in [0.25, 0.3) is 0 Å². The highest BCUT2D eigenvalue weighted by Gasteiger charge is 2.15. The van der Waals surface area contributed by atoms with Gasteiger partial charge in [-0.2, -0.15) is 0 Å². The van der Waals surface area contributed by atoms with Gasteiger partial charge in [-0.25, -0.2) is 4.98 Å². The summed E-state index contributed by atoms with van der Waals surface area (Å²) in [5.74, 6) is 1.34. The maximum Gasteiger partial charge on any atom is 0.201 e. The van der Waals surface area contributed by atoms with Gasteiger partial charge in [0.1, 0.15) is 11.3 Å². The first-order chi connectivity index (χ1) is 9.70. The van der Waals surface area contributed by atoms with E-state index in [1.165, 1.54) is 0 Å². The van der Waals surface area contributed by atoms with Gasteiger partial charge in [0.15, 0.2) is 0 Å². The van der Waals surface area contributed by atoms with Crippen molar-refractivity contribution >= 4 is 17.0 Å². The van der Waals surface area contributed by atoms with Crippen LogP contribution in [0.1, 0.15) is 18.5 Å². The SMILES string of the molecule is COc1ccc(C(C)n2c(N)nc3cnccc32)cc1. The lowest BCUT2D eigenvalue weighted by Crippen LogP contribution is -2.10. The van der Waals surface area contributed by atoms with Gasteiger partial charge < -0.3 is 15.0 Å². The summed E-state index contributed by atoms with van der Waals surface area (Å²) in [5.41, 5.74) is 8.99. The molecule has 20 heavy (non-hydrogen) atoms. The zero-order valence-corrected chi connectivity index (χ0v) is 11.4. The van der Waals surface area contributed by atoms with Crippen LogP contribution in [0.3, 0.4) is 0 Å². The lowest BCUT2D eigenvalue weighted by Gasteiger charge is -2.16. The van der Waals surface area contributed by atoms with E-state index in [1.54, 1.807) is 19.5 Å². The number of nitrogen functional groups attached to an aromatic ring is 1. The Morgan fingerprint density at radius 2 is 1.95 bits per heavy atom. The molecule has 0 amide bonds. The second-order valence-electron chi connectivity index (χ2n) is 4.65. The number of anilines is 1. The fourth-order valence-electron chi connectivity index (χ4n) is 2.41. The van der Waals surface area contributed by atoms with Crippen molar-refractivity contribution in [2.75, 3.05) is 12.8 Å². The van der Waals surface area contributed by atoms with Gasteiger partial charge in [-0.15, -0.1) is 0 Å². The molecule has 3 rings (SSSR count). The van der Waals surface area contributed by atoms with Crippen LogP contribution in [0, 0.1) is 0 Å². The first kappa shape index (κ1) is 12.5. The number of imidazole rings is 1. The van der Waals surface area contributed by atoms with E-state index in [1.807, 2.05) is 34.9 Å². The van der Waals surface area contributed by atoms with Gasteiger partial charge in [0.2, 0.25) is 5.95 Å². The summed E-state index contributed by atoms with van der Waals surface area (Å²) in [6.07, 6.45) is 3.48. The normalized spacial score (nSPS) is 12.5. The number of ether oxygens (including phenoxy) is 1. The Morgan fingerprint density at radius 3 is 2.65 bits per heavy atom. The number of hydrogen-bond acceptors (Lipinski definition) is 4. The van der Waals surface area contributed by atoms with Gasteiger partial charge in [0, 0.05) is 6.20 Å². The predicted molar refractivity (Wildman–Crippen MR) is 78.7 cm³/mol. The van der Waals surface area contributed by atoms with Crippen molar-refractivity contribution in [3.8, 4) is 5.75 Å². The average Bonchev–Trinajstić information content (AvgIpc) is 2.82. The van der Waals surface area contributed by atoms with Crippen molar-refractivity contribution in [3.63, 3.8) is 0 Å². The zero-order chi connectivity index (χ0) is 14.1. The van der Waals surface area contributed by atoms with Gasteiger partial charge in [-0.05, 0) is 30.7 Å². The summed E-state index contributed by atoms with van der Waals surface area (Å²) in [4.78, 5) is 8.42. The van der Waals surface area contributed by atoms with Crippen LogP contribution >= 0.6 is 0 Å². The van der Waals surface area contributed by atoms with Crippen LogP contribution in [0.2, 0.25) is 0 Å². The molecule has 0 saturated carbocycles. The van der Waals surface area contributed by atoms with Gasteiger partial charge in [-0.3, -0.25) is 4.98 Å². The minimum absolute atomic E-state index is 0.0910. The van der Waals surface area contributed by atoms with E-state index in [0.29, 0.717) is 5.95 Å². The number of pyridine rings is 1. The highest BCUT2D eigenvalue weighted by Crippen LogP contribution is 2.27. The van der Waals surface area contributed by atoms with E-state index < -0.39 is 0 Å². The molecule has 0 fully saturated rings. The molecule has 0 aliphatic rings. The Morgan fingerprint density at radius 1 is 1.20 bits per heavy atom. The number of nitrogens with two attached hydrogens (primary N) is 1. The molecule has 0 spiro atoms. The monoisotopic (exact) mass is 268 g/mol. The van der Waals surface area contributed by atoms with E-state index in [9.17, 15) is 0 Å². The Bertz CT molecular complexity index is 733. The first-order valence-electron chi connectivity index (χ1n) is 6.42. The third-order valence-corrected chi connectivity index (χ3v) is 3.50. The minimum atomic E-state index is 0.0910. The van der Waals surface area contributed by atoms with Crippen molar-refractivity contribution in [2.45, 2.75) is 13.0 Å². The summed E-state index contributed by atoms with van der Waals surface area (Å²) in [5, 5.41) is 0. The smallest absolute Gasteiger partial charge is 0.201 e. The predicted octanol–water partition coefficient (Wildman–Crippen LogP) is 2.63. The molecule has 0 aliphatic heterocycles. The Balaban J connectivity index is 2.07. The van der Waals surface area contributed by atoms with Crippen molar-refractivity contribution in [3.05, 3.63) is 48.3 Å². The molecule has 5 nitrogen and oxygen atoms in total. The highest BCUT2D eigenvalue weighted by molar-refractivity contribution is 5.77. The van der Waals surface area contributed by atoms with Crippen LogP contribution in [0.15, 0.2) is 42.7 Å². The van der Waals surface area contributed by atoms with Gasteiger partial charge in [0.05, 0.1) is 24.9 Å². The van der Waals surface area contributed by atoms with E-state index in [-0.39, 0.29) is 6.04 Å². The number of nitrogens with zero attached hydrogens (tertiary/aromatic N) is 3. The number of hydrogen-bond donors (Lipinski definition) is 1. The molecule has 0 bridgehead atoms. The fourth-order valence-corrected chi connectivity index (χ4v) is 2.41. The first-order valence-corrected chi connectivity index (χ1v) is 6.42. The summed E-state index contributed by atoms with van der Waals surface area (Å²) < 4.78 is 7.19. The molecule has 2 heterocycles. The summed E-state index contributed by atoms with van der Waals surface area (Å²) in [6.45, 7) is 2.10. The van der Waals surface area contributed by atoms with Crippen LogP contribution in [0.25, 0.3) is 11.0 Å². The highest BCUT2D eigenvalue weighted by atomic mass is 16.5. The molecule has 1 atom stereocenters. The molecular formula is C15H16N4O. The maximum absolute atomic E-state index is 6.05. The second kappa shape index (κ2) is 4.85. The molecule has 0 aliphatic carbocycles. The van der Waals surface area contributed by atoms with Crippen LogP contribution in [0.5, 0.6) is 5.75 Å². The Kier molecular flexibility index (Phi) is 3.02. The molecule has 5 heteroatoms. The van der Waals surface area contributed by atoms with E-state index in [4.69, 9.17) is 10.5 Å². The fraction of sp³-hybridized carbons (Fsp3) is 0.200. The number of fused-ring (bicyclic) bond motifs is 1. The van der Waals surface area contributed by atoms with Crippen LogP contribution in [-0.2, 0) is 0 Å². The van der Waals surface area contributed by atoms with Crippen molar-refractivity contribution in [1.29, 1.82) is 0 Å². The molecular weight excluding hydrogens is 252 g/mol. The third-order valence-electron chi connectivity index (χ3n) is 3.50. The number of rotatable bonds is 3. The van der Waals surface area contributed by atoms with Crippen LogP contribution < -0.4 is 10.5 Å². The van der Waals surface area contributed by atoms with Crippen molar-refractivity contribution in [1.82, 2.24) is 14.5 Å². The molecule has 3 aromatic rings. The standard InChI is InChI=1S/C15H16N4O/c1-10(11-3-5-12(20-2)6-4-11)19-14-7-8-17-9-13(14)18-15(19)16/h3-10H,1-2H3,(H2,16,18). The summed E-state index contributed by atoms with van der Waals surface area (Å²) in [7, 11) is 1.66. The summed E-state index contributed by atoms with van der Waals surface area (Å²) in [6, 6.07) is 9.99. The van der Waals surface area contributed by atoms with Crippen molar-refractivity contribution in [2.24, 2.45) is 0 Å². The van der Waals surface area contributed by atoms with Gasteiger partial charge >= 0.3 is 0 Å². The Hall–Kier alpha value is -2.56.